The van der Waals surface area contributed by atoms with Gasteiger partial charge in [0.2, 0.25) is 11.8 Å². The summed E-state index contributed by atoms with van der Waals surface area (Å²) in [4.78, 5) is 21.9. The Hall–Kier alpha value is -4.10. The van der Waals surface area contributed by atoms with Crippen molar-refractivity contribution in [2.24, 2.45) is 0 Å². The lowest BCUT2D eigenvalue weighted by atomic mass is 9.79. The predicted molar refractivity (Wildman–Crippen MR) is 154 cm³/mol. The summed E-state index contributed by atoms with van der Waals surface area (Å²) in [6.45, 7) is 4.19. The van der Waals surface area contributed by atoms with E-state index in [1.54, 1.807) is 6.20 Å². The molecule has 7 nitrogen and oxygen atoms in total. The molecule has 0 unspecified atom stereocenters. The first-order valence-corrected chi connectivity index (χ1v) is 14.2. The molecule has 1 N–H and O–H groups in total. The Morgan fingerprint density at radius 2 is 1.88 bits per heavy atom. The molecule has 2 saturated heterocycles. The van der Waals surface area contributed by atoms with Gasteiger partial charge in [-0.05, 0) is 87.7 Å². The van der Waals surface area contributed by atoms with Crippen molar-refractivity contribution in [1.29, 1.82) is 5.26 Å². The third kappa shape index (κ3) is 5.93. The number of amides is 1. The van der Waals surface area contributed by atoms with E-state index in [-0.39, 0.29) is 17.5 Å². The number of rotatable bonds is 7. The van der Waals surface area contributed by atoms with Crippen LogP contribution >= 0.6 is 0 Å². The maximum atomic E-state index is 13.6. The van der Waals surface area contributed by atoms with Crippen LogP contribution in [0.4, 0.5) is 18.9 Å². The van der Waals surface area contributed by atoms with Crippen LogP contribution in [0.5, 0.6) is 5.88 Å². The lowest BCUT2D eigenvalue weighted by Gasteiger charge is -2.44. The lowest BCUT2D eigenvalue weighted by Crippen LogP contribution is -2.56. The lowest BCUT2D eigenvalue weighted by molar-refractivity contribution is -0.137. The van der Waals surface area contributed by atoms with E-state index in [1.807, 2.05) is 61.3 Å². The summed E-state index contributed by atoms with van der Waals surface area (Å²) in [5, 5.41) is 13.0. The molecule has 1 amide bonds. The minimum Gasteiger partial charge on any atom is -0.478 e. The maximum Gasteiger partial charge on any atom is 0.416 e. The Morgan fingerprint density at radius 3 is 2.50 bits per heavy atom. The van der Waals surface area contributed by atoms with Gasteiger partial charge in [-0.15, -0.1) is 0 Å². The number of likely N-dealkylation sites (N-methyl/N-ethyl adjacent to an activating group) is 1. The van der Waals surface area contributed by atoms with E-state index in [4.69, 9.17) is 4.74 Å². The van der Waals surface area contributed by atoms with Crippen LogP contribution in [0.25, 0.3) is 11.1 Å². The number of anilines is 1. The fraction of sp³-hybridized carbons (Fsp3) is 0.406. The zero-order valence-electron chi connectivity index (χ0n) is 23.7. The van der Waals surface area contributed by atoms with Crippen molar-refractivity contribution in [2.45, 2.75) is 50.4 Å². The molecule has 42 heavy (non-hydrogen) atoms. The normalized spacial score (nSPS) is 18.9. The zero-order valence-corrected chi connectivity index (χ0v) is 23.7. The quantitative estimate of drug-likeness (QED) is 0.386. The first-order valence-electron chi connectivity index (χ1n) is 14.2. The molecule has 10 heteroatoms. The summed E-state index contributed by atoms with van der Waals surface area (Å²) >= 11 is 0. The second-order valence-corrected chi connectivity index (χ2v) is 10.9. The molecular weight excluding hydrogens is 543 g/mol. The van der Waals surface area contributed by atoms with E-state index in [9.17, 15) is 23.2 Å². The molecule has 2 aliphatic rings. The van der Waals surface area contributed by atoms with Crippen molar-refractivity contribution < 1.29 is 22.7 Å². The maximum absolute atomic E-state index is 13.6. The number of benzene rings is 2. The molecule has 1 atom stereocenters. The number of nitrogens with one attached hydrogen (secondary N) is 1. The number of ether oxygens (including phenoxy) is 1. The zero-order chi connectivity index (χ0) is 29.9. The van der Waals surface area contributed by atoms with Crippen LogP contribution in [0.3, 0.4) is 0 Å². The molecule has 3 aromatic rings. The van der Waals surface area contributed by atoms with Gasteiger partial charge in [-0.1, -0.05) is 24.3 Å². The Labute approximate surface area is 243 Å². The van der Waals surface area contributed by atoms with Crippen LogP contribution in [0.2, 0.25) is 0 Å². The van der Waals surface area contributed by atoms with Gasteiger partial charge in [-0.25, -0.2) is 4.98 Å². The molecule has 5 rings (SSSR count). The molecule has 0 saturated carbocycles. The van der Waals surface area contributed by atoms with Crippen molar-refractivity contribution >= 4 is 11.6 Å². The molecule has 2 aliphatic heterocycles. The summed E-state index contributed by atoms with van der Waals surface area (Å²) < 4.78 is 45.5. The van der Waals surface area contributed by atoms with Gasteiger partial charge in [-0.3, -0.25) is 9.69 Å². The van der Waals surface area contributed by atoms with Gasteiger partial charge in [0.15, 0.2) is 0 Å². The van der Waals surface area contributed by atoms with Crippen LogP contribution in [0.1, 0.15) is 49.3 Å². The van der Waals surface area contributed by atoms with Gasteiger partial charge in [0, 0.05) is 24.8 Å². The molecule has 2 aromatic carbocycles. The Kier molecular flexibility index (Phi) is 8.41. The fourth-order valence-corrected chi connectivity index (χ4v) is 6.08. The second kappa shape index (κ2) is 12.0. The number of piperidine rings is 1. The number of nitrogens with zero attached hydrogens (tertiary/aromatic N) is 4. The number of aromatic nitrogens is 1. The smallest absolute Gasteiger partial charge is 0.416 e. The summed E-state index contributed by atoms with van der Waals surface area (Å²) in [7, 11) is 1.96. The molecule has 2 fully saturated rings. The Bertz CT molecular complexity index is 1460. The van der Waals surface area contributed by atoms with Crippen LogP contribution in [0.15, 0.2) is 60.8 Å². The van der Waals surface area contributed by atoms with E-state index in [0.717, 1.165) is 48.2 Å². The predicted octanol–water partition coefficient (Wildman–Crippen LogP) is 5.74. The molecule has 0 bridgehead atoms. The number of carbonyl (C=O) groups is 1. The second-order valence-electron chi connectivity index (χ2n) is 10.9. The number of alkyl halides is 3. The average Bonchev–Trinajstić information content (AvgIpc) is 3.43. The van der Waals surface area contributed by atoms with E-state index < -0.39 is 17.3 Å². The molecule has 0 radical (unpaired) electrons. The van der Waals surface area contributed by atoms with Gasteiger partial charge >= 0.3 is 6.18 Å². The average molecular weight is 578 g/mol. The van der Waals surface area contributed by atoms with E-state index >= 15 is 0 Å². The number of halogens is 3. The highest BCUT2D eigenvalue weighted by atomic mass is 19.4. The fourth-order valence-electron chi connectivity index (χ4n) is 6.08. The van der Waals surface area contributed by atoms with Crippen molar-refractivity contribution in [2.75, 3.05) is 38.2 Å². The SMILES string of the molecule is CCOc1ncccc1-c1ccc(C2(NC(=O)[C@@H]3CCCN3C)CCN(c3ccc(C(F)(F)F)cc3C#N)CC2)cc1. The standard InChI is InChI=1S/C32H34F3N5O2/c1-3-42-30-26(6-4-16-37-30)22-8-10-24(11-9-22)31(38-29(41)28-7-5-17-39(28)2)14-18-40(19-15-31)27-13-12-25(32(33,34)35)20-23(27)21-36/h4,6,8-13,16,20,28H,3,5,7,14-15,17-19H2,1-2H3,(H,38,41)/t28-/m0/s1. The minimum absolute atomic E-state index is 0.0140. The van der Waals surface area contributed by atoms with Crippen LogP contribution in [0, 0.1) is 11.3 Å². The summed E-state index contributed by atoms with van der Waals surface area (Å²) in [6, 6.07) is 16.9. The largest absolute Gasteiger partial charge is 0.478 e. The van der Waals surface area contributed by atoms with E-state index in [0.29, 0.717) is 44.1 Å². The molecule has 3 heterocycles. The molecule has 1 aromatic heterocycles. The van der Waals surface area contributed by atoms with Gasteiger partial charge in [0.25, 0.3) is 0 Å². The number of carbonyl (C=O) groups excluding carboxylic acids is 1. The number of hydrogen-bond acceptors (Lipinski definition) is 6. The molecule has 0 spiro atoms. The Morgan fingerprint density at radius 1 is 1.14 bits per heavy atom. The summed E-state index contributed by atoms with van der Waals surface area (Å²) in [6.07, 6.45) is -0.0289. The van der Waals surface area contributed by atoms with E-state index in [1.165, 1.54) is 6.07 Å². The third-order valence-corrected chi connectivity index (χ3v) is 8.39. The third-order valence-electron chi connectivity index (χ3n) is 8.39. The summed E-state index contributed by atoms with van der Waals surface area (Å²) in [5.74, 6) is 0.531. The summed E-state index contributed by atoms with van der Waals surface area (Å²) in [5.41, 5.74) is 1.70. The van der Waals surface area contributed by atoms with Crippen LogP contribution in [-0.4, -0.2) is 55.1 Å². The topological polar surface area (TPSA) is 81.5 Å². The monoisotopic (exact) mass is 577 g/mol. The highest BCUT2D eigenvalue weighted by molar-refractivity contribution is 5.83. The number of hydrogen-bond donors (Lipinski definition) is 1. The number of pyridine rings is 1. The van der Waals surface area contributed by atoms with Crippen molar-refractivity contribution in [1.82, 2.24) is 15.2 Å². The highest BCUT2D eigenvalue weighted by Gasteiger charge is 2.41. The first-order chi connectivity index (χ1) is 20.1. The van der Waals surface area contributed by atoms with Crippen LogP contribution < -0.4 is 15.0 Å². The number of likely N-dealkylation sites (tertiary alicyclic amines) is 1. The van der Waals surface area contributed by atoms with Gasteiger partial charge in [0.1, 0.15) is 6.07 Å². The molecular formula is C32H34F3N5O2. The first kappa shape index (κ1) is 29.4. The van der Waals surface area contributed by atoms with Crippen LogP contribution in [-0.2, 0) is 16.5 Å². The molecule has 0 aliphatic carbocycles. The van der Waals surface area contributed by atoms with Crippen molar-refractivity contribution in [3.8, 4) is 23.1 Å². The number of nitriles is 1. The molecule has 220 valence electrons. The van der Waals surface area contributed by atoms with Gasteiger partial charge in [-0.2, -0.15) is 18.4 Å². The highest BCUT2D eigenvalue weighted by Crippen LogP contribution is 2.39. The van der Waals surface area contributed by atoms with E-state index in [2.05, 4.69) is 15.2 Å². The van der Waals surface area contributed by atoms with Gasteiger partial charge in [0.05, 0.1) is 35.0 Å². The van der Waals surface area contributed by atoms with Crippen molar-refractivity contribution in [3.05, 3.63) is 77.5 Å². The van der Waals surface area contributed by atoms with Crippen molar-refractivity contribution in [3.63, 3.8) is 0 Å². The minimum atomic E-state index is -4.52. The van der Waals surface area contributed by atoms with Gasteiger partial charge < -0.3 is 15.0 Å². The Balaban J connectivity index is 1.44.